The summed E-state index contributed by atoms with van der Waals surface area (Å²) in [7, 11) is 0. The predicted molar refractivity (Wildman–Crippen MR) is 111 cm³/mol. The molecule has 164 valence electrons. The molecule has 0 bridgehead atoms. The van der Waals surface area contributed by atoms with Crippen LogP contribution in [-0.4, -0.2) is 54.6 Å². The first kappa shape index (κ1) is 21.2. The third-order valence-corrected chi connectivity index (χ3v) is 5.87. The number of hydrogen-bond acceptors (Lipinski definition) is 3. The summed E-state index contributed by atoms with van der Waals surface area (Å²) in [5.74, 6) is -1.88. The topological polar surface area (TPSA) is 61.9 Å². The number of piperidine rings is 1. The molecule has 2 unspecified atom stereocenters. The lowest BCUT2D eigenvalue weighted by atomic mass is 9.88. The van der Waals surface area contributed by atoms with Gasteiger partial charge >= 0.3 is 6.03 Å². The standard InChI is InChI=1S/C23H25F2N3O3/c24-18-7-8-20(19(25)14-18)26-23(30)28-15-17(22(29)27-10-12-31-13-11-27)6-9-21(28)16-4-2-1-3-5-16/h1-5,7-8,14,17,21H,6,9-13,15H2,(H,26,30). The first-order valence-corrected chi connectivity index (χ1v) is 10.5. The highest BCUT2D eigenvalue weighted by Gasteiger charge is 2.37. The van der Waals surface area contributed by atoms with Crippen LogP contribution in [0.1, 0.15) is 24.4 Å². The van der Waals surface area contributed by atoms with Crippen molar-refractivity contribution in [3.05, 3.63) is 65.7 Å². The zero-order valence-corrected chi connectivity index (χ0v) is 17.1. The highest BCUT2D eigenvalue weighted by Crippen LogP contribution is 2.35. The fourth-order valence-corrected chi connectivity index (χ4v) is 4.24. The Morgan fingerprint density at radius 1 is 1.00 bits per heavy atom. The van der Waals surface area contributed by atoms with Crippen LogP contribution in [0.5, 0.6) is 0 Å². The fourth-order valence-electron chi connectivity index (χ4n) is 4.24. The number of urea groups is 1. The van der Waals surface area contributed by atoms with Crippen LogP contribution in [0.3, 0.4) is 0 Å². The van der Waals surface area contributed by atoms with E-state index in [4.69, 9.17) is 4.74 Å². The number of ether oxygens (including phenoxy) is 1. The normalized spacial score (nSPS) is 21.6. The van der Waals surface area contributed by atoms with Crippen molar-refractivity contribution >= 4 is 17.6 Å². The van der Waals surface area contributed by atoms with Gasteiger partial charge in [-0.25, -0.2) is 13.6 Å². The number of rotatable bonds is 3. The SMILES string of the molecule is O=C(C1CCC(c2ccccc2)N(C(=O)Nc2ccc(F)cc2F)C1)N1CCOCC1. The van der Waals surface area contributed by atoms with E-state index in [1.54, 1.807) is 9.80 Å². The minimum atomic E-state index is -0.845. The molecule has 8 heteroatoms. The molecule has 4 rings (SSSR count). The van der Waals surface area contributed by atoms with Gasteiger partial charge in [0.15, 0.2) is 0 Å². The predicted octanol–water partition coefficient (Wildman–Crippen LogP) is 3.81. The number of hydrogen-bond donors (Lipinski definition) is 1. The number of benzene rings is 2. The molecule has 0 radical (unpaired) electrons. The van der Waals surface area contributed by atoms with Gasteiger partial charge in [-0.2, -0.15) is 0 Å². The molecule has 2 aliphatic rings. The van der Waals surface area contributed by atoms with E-state index in [9.17, 15) is 18.4 Å². The Hall–Kier alpha value is -3.00. The smallest absolute Gasteiger partial charge is 0.322 e. The van der Waals surface area contributed by atoms with Gasteiger partial charge in [0.25, 0.3) is 0 Å². The van der Waals surface area contributed by atoms with E-state index < -0.39 is 17.7 Å². The van der Waals surface area contributed by atoms with E-state index in [0.717, 1.165) is 17.7 Å². The van der Waals surface area contributed by atoms with Crippen LogP contribution in [0.2, 0.25) is 0 Å². The molecule has 2 heterocycles. The maximum atomic E-state index is 14.1. The van der Waals surface area contributed by atoms with Gasteiger partial charge in [0, 0.05) is 25.7 Å². The highest BCUT2D eigenvalue weighted by atomic mass is 19.1. The van der Waals surface area contributed by atoms with Crippen molar-refractivity contribution < 1.29 is 23.1 Å². The highest BCUT2D eigenvalue weighted by molar-refractivity contribution is 5.90. The van der Waals surface area contributed by atoms with Gasteiger partial charge in [-0.05, 0) is 30.5 Å². The summed E-state index contributed by atoms with van der Waals surface area (Å²) in [4.78, 5) is 29.5. The molecule has 0 aromatic heterocycles. The van der Waals surface area contributed by atoms with E-state index in [-0.39, 0.29) is 30.1 Å². The molecular formula is C23H25F2N3O3. The zero-order chi connectivity index (χ0) is 21.8. The lowest BCUT2D eigenvalue weighted by Gasteiger charge is -2.41. The van der Waals surface area contributed by atoms with Gasteiger partial charge in [-0.3, -0.25) is 4.79 Å². The van der Waals surface area contributed by atoms with Gasteiger partial charge in [-0.15, -0.1) is 0 Å². The van der Waals surface area contributed by atoms with Gasteiger partial charge < -0.3 is 19.9 Å². The fraction of sp³-hybridized carbons (Fsp3) is 0.391. The van der Waals surface area contributed by atoms with Crippen LogP contribution in [0.25, 0.3) is 0 Å². The Balaban J connectivity index is 1.55. The summed E-state index contributed by atoms with van der Waals surface area (Å²) in [5, 5.41) is 2.55. The Morgan fingerprint density at radius 3 is 2.45 bits per heavy atom. The van der Waals surface area contributed by atoms with Crippen molar-refractivity contribution in [3.63, 3.8) is 0 Å². The summed E-state index contributed by atoms with van der Waals surface area (Å²) >= 11 is 0. The lowest BCUT2D eigenvalue weighted by Crippen LogP contribution is -2.51. The molecule has 2 atom stereocenters. The van der Waals surface area contributed by atoms with Crippen molar-refractivity contribution in [2.75, 3.05) is 38.2 Å². The Labute approximate surface area is 179 Å². The van der Waals surface area contributed by atoms with Crippen LogP contribution < -0.4 is 5.32 Å². The molecule has 31 heavy (non-hydrogen) atoms. The van der Waals surface area contributed by atoms with E-state index in [2.05, 4.69) is 5.32 Å². The van der Waals surface area contributed by atoms with E-state index in [1.807, 2.05) is 30.3 Å². The van der Waals surface area contributed by atoms with E-state index >= 15 is 0 Å². The second-order valence-electron chi connectivity index (χ2n) is 7.85. The summed E-state index contributed by atoms with van der Waals surface area (Å²) in [6.07, 6.45) is 1.27. The number of anilines is 1. The van der Waals surface area contributed by atoms with Crippen LogP contribution in [0.4, 0.5) is 19.3 Å². The maximum absolute atomic E-state index is 14.1. The third kappa shape index (κ3) is 4.85. The molecule has 2 aromatic carbocycles. The molecule has 0 spiro atoms. The van der Waals surface area contributed by atoms with Gasteiger partial charge in [0.05, 0.1) is 30.9 Å². The number of carbonyl (C=O) groups excluding carboxylic acids is 2. The van der Waals surface area contributed by atoms with Crippen LogP contribution in [-0.2, 0) is 9.53 Å². The van der Waals surface area contributed by atoms with Crippen molar-refractivity contribution in [3.8, 4) is 0 Å². The molecular weight excluding hydrogens is 404 g/mol. The molecule has 6 nitrogen and oxygen atoms in total. The average molecular weight is 429 g/mol. The number of likely N-dealkylation sites (tertiary alicyclic amines) is 1. The van der Waals surface area contributed by atoms with E-state index in [1.165, 1.54) is 6.07 Å². The number of amides is 3. The number of carbonyl (C=O) groups is 2. The maximum Gasteiger partial charge on any atom is 0.322 e. The van der Waals surface area contributed by atoms with Gasteiger partial charge in [-0.1, -0.05) is 30.3 Å². The molecule has 2 saturated heterocycles. The molecule has 2 fully saturated rings. The van der Waals surface area contributed by atoms with Crippen molar-refractivity contribution in [1.82, 2.24) is 9.80 Å². The zero-order valence-electron chi connectivity index (χ0n) is 17.1. The summed E-state index contributed by atoms with van der Waals surface area (Å²) in [6.45, 7) is 2.34. The van der Waals surface area contributed by atoms with Gasteiger partial charge in [0.1, 0.15) is 11.6 Å². The molecule has 2 aliphatic heterocycles. The molecule has 1 N–H and O–H groups in total. The van der Waals surface area contributed by atoms with Crippen LogP contribution in [0.15, 0.2) is 48.5 Å². The van der Waals surface area contributed by atoms with E-state index in [0.29, 0.717) is 39.1 Å². The molecule has 0 aliphatic carbocycles. The van der Waals surface area contributed by atoms with Crippen molar-refractivity contribution in [2.24, 2.45) is 5.92 Å². The third-order valence-electron chi connectivity index (χ3n) is 5.87. The monoisotopic (exact) mass is 429 g/mol. The Morgan fingerprint density at radius 2 is 1.74 bits per heavy atom. The molecule has 0 saturated carbocycles. The van der Waals surface area contributed by atoms with Crippen molar-refractivity contribution in [1.29, 1.82) is 0 Å². The lowest BCUT2D eigenvalue weighted by molar-refractivity contribution is -0.141. The summed E-state index contributed by atoms with van der Waals surface area (Å²) in [6, 6.07) is 11.8. The number of halogens is 2. The first-order chi connectivity index (χ1) is 15.0. The average Bonchev–Trinajstić information content (AvgIpc) is 2.81. The minimum Gasteiger partial charge on any atom is -0.378 e. The summed E-state index contributed by atoms with van der Waals surface area (Å²) in [5.41, 5.74) is 0.856. The molecule has 2 aromatic rings. The second-order valence-corrected chi connectivity index (χ2v) is 7.85. The minimum absolute atomic E-state index is 0.0144. The van der Waals surface area contributed by atoms with Crippen molar-refractivity contribution in [2.45, 2.75) is 18.9 Å². The first-order valence-electron chi connectivity index (χ1n) is 10.5. The number of nitrogens with zero attached hydrogens (tertiary/aromatic N) is 2. The quantitative estimate of drug-likeness (QED) is 0.807. The van der Waals surface area contributed by atoms with Gasteiger partial charge in [0.2, 0.25) is 5.91 Å². The Bertz CT molecular complexity index is 935. The molecule has 3 amide bonds. The second kappa shape index (κ2) is 9.43. The largest absolute Gasteiger partial charge is 0.378 e. The number of nitrogens with one attached hydrogen (secondary N) is 1. The number of morpholine rings is 1. The van der Waals surface area contributed by atoms with Crippen LogP contribution >= 0.6 is 0 Å². The summed E-state index contributed by atoms with van der Waals surface area (Å²) < 4.78 is 32.7. The Kier molecular flexibility index (Phi) is 6.46. The van der Waals surface area contributed by atoms with Crippen LogP contribution in [0, 0.1) is 17.6 Å².